The average Bonchev–Trinajstić information content (AvgIpc) is 3.94. The first-order chi connectivity index (χ1) is 30.9. The lowest BCUT2D eigenvalue weighted by atomic mass is 9.94. The molecule has 2 amide bonds. The second-order valence-electron chi connectivity index (χ2n) is 13.2. The molecule has 6 aromatic rings. The van der Waals surface area contributed by atoms with Crippen molar-refractivity contribution in [2.75, 3.05) is 11.8 Å². The smallest absolute Gasteiger partial charge is 0.342 e. The number of nitrogens with zero attached hydrogens (tertiary/aromatic N) is 6. The molecule has 0 atom stereocenters. The van der Waals surface area contributed by atoms with Gasteiger partial charge in [0.25, 0.3) is 10.0 Å². The number of methoxy groups -OCH3 is 1. The molecule has 24 heteroatoms. The number of imidazole rings is 1. The zero-order valence-electron chi connectivity index (χ0n) is 34.7. The summed E-state index contributed by atoms with van der Waals surface area (Å²) in [5.41, 5.74) is 10.4. The van der Waals surface area contributed by atoms with Crippen molar-refractivity contribution in [2.45, 2.75) is 44.6 Å². The molecule has 7 rings (SSSR count). The summed E-state index contributed by atoms with van der Waals surface area (Å²) in [6, 6.07) is 13.3. The van der Waals surface area contributed by atoms with Crippen molar-refractivity contribution in [2.24, 2.45) is 16.0 Å². The molecule has 0 bridgehead atoms. The van der Waals surface area contributed by atoms with E-state index in [1.165, 1.54) is 73.6 Å². The number of anilines is 1. The number of aliphatic carboxylic acids is 1. The monoisotopic (exact) mass is 914 g/mol. The lowest BCUT2D eigenvalue weighted by molar-refractivity contribution is -0.136. The number of aromatic carboxylic acids is 1. The molecule has 0 fully saturated rings. The van der Waals surface area contributed by atoms with Gasteiger partial charge >= 0.3 is 23.9 Å². The van der Waals surface area contributed by atoms with Gasteiger partial charge in [0.2, 0.25) is 0 Å². The highest BCUT2D eigenvalue weighted by Crippen LogP contribution is 2.42. The van der Waals surface area contributed by atoms with E-state index in [0.29, 0.717) is 41.1 Å². The number of benzene rings is 3. The molecular weight excluding hydrogens is 873 g/mol. The number of amides is 2. The molecule has 10 N–H and O–H groups in total. The molecule has 340 valence electrons. The van der Waals surface area contributed by atoms with Gasteiger partial charge in [0.1, 0.15) is 52.6 Å². The van der Waals surface area contributed by atoms with Crippen LogP contribution in [0.15, 0.2) is 112 Å². The molecule has 0 unspecified atom stereocenters. The molecule has 3 aromatic heterocycles. The van der Waals surface area contributed by atoms with Crippen molar-refractivity contribution >= 4 is 62.3 Å². The fourth-order valence-electron chi connectivity index (χ4n) is 5.59. The fraction of sp³-hybridized carbons (Fsp3) is 0.171. The molecule has 0 aliphatic carbocycles. The lowest BCUT2D eigenvalue weighted by Crippen LogP contribution is -2.25. The Hall–Kier alpha value is -8.51. The van der Waals surface area contributed by atoms with Gasteiger partial charge in [-0.1, -0.05) is 17.7 Å². The highest BCUT2D eigenvalue weighted by atomic mass is 32.2. The maximum Gasteiger partial charge on any atom is 0.342 e. The van der Waals surface area contributed by atoms with Crippen LogP contribution in [0.2, 0.25) is 0 Å². The van der Waals surface area contributed by atoms with Crippen LogP contribution < -0.4 is 20.7 Å². The molecule has 0 saturated carbocycles. The highest BCUT2D eigenvalue weighted by molar-refractivity contribution is 7.92. The number of hydroxylamine groups is 1. The number of azo groups is 1. The van der Waals surface area contributed by atoms with Crippen LogP contribution in [0.3, 0.4) is 0 Å². The van der Waals surface area contributed by atoms with Crippen molar-refractivity contribution in [3.05, 3.63) is 125 Å². The minimum Gasteiger partial charge on any atom is -0.507 e. The van der Waals surface area contributed by atoms with Crippen LogP contribution in [0.1, 0.15) is 57.2 Å². The van der Waals surface area contributed by atoms with E-state index in [2.05, 4.69) is 45.6 Å². The second-order valence-corrected chi connectivity index (χ2v) is 14.9. The lowest BCUT2D eigenvalue weighted by Gasteiger charge is -2.15. The van der Waals surface area contributed by atoms with E-state index in [-0.39, 0.29) is 52.1 Å². The molecule has 3 aromatic carbocycles. The first-order valence-corrected chi connectivity index (χ1v) is 20.2. The van der Waals surface area contributed by atoms with Crippen molar-refractivity contribution in [3.8, 4) is 17.2 Å². The molecule has 0 spiro atoms. The topological polar surface area (TPSA) is 364 Å². The number of hydrogen-bond acceptors (Lipinski definition) is 17. The van der Waals surface area contributed by atoms with E-state index in [0.717, 1.165) is 16.7 Å². The minimum absolute atomic E-state index is 0.0231. The molecule has 4 heterocycles. The van der Waals surface area contributed by atoms with Gasteiger partial charge < -0.3 is 40.6 Å². The number of carbonyl (C=O) groups excluding carboxylic acids is 2. The Labute approximate surface area is 369 Å². The molecule has 23 nitrogen and oxygen atoms in total. The summed E-state index contributed by atoms with van der Waals surface area (Å²) in [4.78, 5) is 61.1. The molecule has 0 radical (unpaired) electrons. The van der Waals surface area contributed by atoms with E-state index in [4.69, 9.17) is 24.9 Å². The Balaban J connectivity index is 0.000000221. The third-order valence-corrected chi connectivity index (χ3v) is 10.2. The van der Waals surface area contributed by atoms with Gasteiger partial charge in [-0.2, -0.15) is 10.2 Å². The number of hydrogen-bond donors (Lipinski definition) is 9. The summed E-state index contributed by atoms with van der Waals surface area (Å²) in [7, 11) is -2.28. The number of esters is 1. The standard InChI is InChI=1S/C18H14N4O5S.C17H20O6.C5H4N4.CH4N2O2/c23-16-9-6-13(11-15(16)18(24)25)21-20-12-4-7-14(8-5-12)28(26,27)22-17-3-1-2-10-19-17;1-9(5-7-13(18)19)4-6-11-15(20)14-12(8-23-17(14)21)10(2)16(11)22-3;1-4-5(8-2-6-1)9-3-7-4;2-1(4)3-5/h1-11,23H,(H,19,22)(H,24,25);4,20H,5-8H2,1-3H3,(H,18,19);1-3H,(H,6,7,8,9);5H,(H3,2,3,4)/b;9-4+;;. The molecular formula is C41H42N10O13S. The summed E-state index contributed by atoms with van der Waals surface area (Å²) in [5.74, 6) is -2.43. The quantitative estimate of drug-likeness (QED) is 0.0229. The normalized spacial score (nSPS) is 11.7. The molecule has 1 aliphatic heterocycles. The number of rotatable bonds is 12. The number of urea groups is 1. The number of H-pyrrole nitrogens is 1. The number of nitrogens with two attached hydrogens (primary N) is 1. The number of fused-ring (bicyclic) bond motifs is 2. The number of aromatic nitrogens is 5. The first-order valence-electron chi connectivity index (χ1n) is 18.7. The van der Waals surface area contributed by atoms with Gasteiger partial charge in [0.05, 0.1) is 35.9 Å². The largest absolute Gasteiger partial charge is 0.507 e. The number of aromatic hydroxyl groups is 2. The van der Waals surface area contributed by atoms with Crippen LogP contribution in [0.4, 0.5) is 22.0 Å². The maximum absolute atomic E-state index is 12.3. The first kappa shape index (κ1) is 49.1. The molecule has 1 aliphatic rings. The van der Waals surface area contributed by atoms with Crippen LogP contribution in [0.5, 0.6) is 17.2 Å². The number of carboxylic acids is 2. The van der Waals surface area contributed by atoms with Gasteiger partial charge in [-0.25, -0.2) is 48.2 Å². The summed E-state index contributed by atoms with van der Waals surface area (Å²) in [5, 5.41) is 52.9. The SMILES string of the molecule is COc1c(C)c2c(c(O)c1C/C=C(\C)CCC(=O)O)C(=O)OC2.NC(=O)NO.O=C(O)c1cc(N=Nc2ccc(S(=O)(=O)Nc3ccccn3)cc2)ccc1O.c1ncc2[nH]cnc2n1. The van der Waals surface area contributed by atoms with Crippen LogP contribution in [0.25, 0.3) is 11.2 Å². The van der Waals surface area contributed by atoms with Crippen LogP contribution in [-0.2, 0) is 32.6 Å². The van der Waals surface area contributed by atoms with Gasteiger partial charge in [0, 0.05) is 23.7 Å². The third-order valence-electron chi connectivity index (χ3n) is 8.79. The number of sulfonamides is 1. The van der Waals surface area contributed by atoms with E-state index >= 15 is 0 Å². The Bertz CT molecular complexity index is 2790. The third kappa shape index (κ3) is 14.0. The Morgan fingerprint density at radius 3 is 2.31 bits per heavy atom. The van der Waals surface area contributed by atoms with E-state index in [9.17, 15) is 37.8 Å². The van der Waals surface area contributed by atoms with E-state index in [1.54, 1.807) is 24.7 Å². The number of carbonyl (C=O) groups is 4. The minimum atomic E-state index is -3.79. The van der Waals surface area contributed by atoms with Crippen LogP contribution in [-0.4, -0.2) is 90.0 Å². The number of allylic oxidation sites excluding steroid dienone is 2. The van der Waals surface area contributed by atoms with Crippen molar-refractivity contribution in [3.63, 3.8) is 0 Å². The van der Waals surface area contributed by atoms with Crippen molar-refractivity contribution < 1.29 is 62.7 Å². The predicted octanol–water partition coefficient (Wildman–Crippen LogP) is 5.83. The average molecular weight is 915 g/mol. The number of cyclic esters (lactones) is 1. The Morgan fingerprint density at radius 2 is 1.69 bits per heavy atom. The van der Waals surface area contributed by atoms with Crippen molar-refractivity contribution in [1.82, 2.24) is 30.4 Å². The van der Waals surface area contributed by atoms with Gasteiger partial charge in [-0.05, 0) is 86.8 Å². The van der Waals surface area contributed by atoms with Crippen LogP contribution >= 0.6 is 0 Å². The summed E-state index contributed by atoms with van der Waals surface area (Å²) in [6.45, 7) is 3.79. The number of aromatic amines is 1. The summed E-state index contributed by atoms with van der Waals surface area (Å²) in [6.07, 6.45) is 8.91. The van der Waals surface area contributed by atoms with Gasteiger partial charge in [-0.15, -0.1) is 0 Å². The number of pyridine rings is 1. The maximum atomic E-state index is 12.3. The Kier molecular flexibility index (Phi) is 17.5. The number of ether oxygens (including phenoxy) is 2. The second kappa shape index (κ2) is 23.1. The zero-order valence-corrected chi connectivity index (χ0v) is 35.5. The molecule has 0 saturated heterocycles. The number of carboxylic acid groups (broad SMARTS) is 2. The Morgan fingerprint density at radius 1 is 1.00 bits per heavy atom. The fourth-order valence-corrected chi connectivity index (χ4v) is 6.59. The van der Waals surface area contributed by atoms with Crippen molar-refractivity contribution in [1.29, 1.82) is 0 Å². The number of phenols is 2. The highest BCUT2D eigenvalue weighted by Gasteiger charge is 2.32. The zero-order chi connectivity index (χ0) is 47.7. The molecule has 65 heavy (non-hydrogen) atoms. The number of phenolic OH excluding ortho intramolecular Hbond substituents is 1. The summed E-state index contributed by atoms with van der Waals surface area (Å²) < 4.78 is 37.4. The van der Waals surface area contributed by atoms with Gasteiger partial charge in [0.15, 0.2) is 5.65 Å². The van der Waals surface area contributed by atoms with E-state index < -0.39 is 34.0 Å². The predicted molar refractivity (Wildman–Crippen MR) is 230 cm³/mol. The van der Waals surface area contributed by atoms with E-state index in [1.807, 2.05) is 19.9 Å². The summed E-state index contributed by atoms with van der Waals surface area (Å²) >= 11 is 0. The van der Waals surface area contributed by atoms with Crippen LogP contribution in [0, 0.1) is 6.92 Å². The number of nitrogens with one attached hydrogen (secondary N) is 3. The number of primary amides is 1. The van der Waals surface area contributed by atoms with Gasteiger partial charge in [-0.3, -0.25) is 14.7 Å².